The molecule has 1 amide bonds. The van der Waals surface area contributed by atoms with E-state index in [4.69, 9.17) is 4.74 Å². The zero-order valence-electron chi connectivity index (χ0n) is 20.7. The number of aryl methyl sites for hydroxylation is 2. The third-order valence-corrected chi connectivity index (χ3v) is 7.92. The van der Waals surface area contributed by atoms with Crippen molar-refractivity contribution >= 4 is 27.1 Å². The maximum Gasteiger partial charge on any atom is 0.410 e. The highest BCUT2D eigenvalue weighted by Crippen LogP contribution is 2.37. The highest BCUT2D eigenvalue weighted by atomic mass is 32.2. The van der Waals surface area contributed by atoms with Crippen LogP contribution in [-0.4, -0.2) is 58.0 Å². The number of benzene rings is 1. The lowest BCUT2D eigenvalue weighted by Gasteiger charge is -2.38. The van der Waals surface area contributed by atoms with Gasteiger partial charge in [0.1, 0.15) is 11.9 Å². The summed E-state index contributed by atoms with van der Waals surface area (Å²) in [6.45, 7) is 6.43. The summed E-state index contributed by atoms with van der Waals surface area (Å²) in [6.07, 6.45) is 2.41. The summed E-state index contributed by atoms with van der Waals surface area (Å²) in [5.74, 6) is -4.03. The lowest BCUT2D eigenvalue weighted by Crippen LogP contribution is -2.51. The molecule has 0 aliphatic carbocycles. The van der Waals surface area contributed by atoms with E-state index in [9.17, 15) is 22.0 Å². The normalized spacial score (nSPS) is 18.4. The molecular formula is C25H30F2N4O4S. The molecule has 1 fully saturated rings. The molecule has 36 heavy (non-hydrogen) atoms. The molecule has 1 atom stereocenters. The molecular weight excluding hydrogens is 490 g/mol. The van der Waals surface area contributed by atoms with Crippen molar-refractivity contribution in [1.29, 1.82) is 0 Å². The third kappa shape index (κ3) is 5.35. The van der Waals surface area contributed by atoms with Gasteiger partial charge in [0.15, 0.2) is 5.65 Å². The maximum absolute atomic E-state index is 14.9. The number of carbonyl (C=O) groups excluding carboxylic acids is 1. The fraction of sp³-hybridized carbons (Fsp3) is 0.480. The lowest BCUT2D eigenvalue weighted by molar-refractivity contribution is -0.112. The number of nitrogens with zero attached hydrogens (tertiary/aromatic N) is 4. The van der Waals surface area contributed by atoms with Crippen LogP contribution in [0.4, 0.5) is 13.6 Å². The molecule has 8 nitrogen and oxygen atoms in total. The first-order chi connectivity index (χ1) is 16.8. The van der Waals surface area contributed by atoms with Gasteiger partial charge < -0.3 is 9.64 Å². The first-order valence-corrected chi connectivity index (χ1v) is 13.2. The summed E-state index contributed by atoms with van der Waals surface area (Å²) >= 11 is 0. The van der Waals surface area contributed by atoms with Gasteiger partial charge in [0.25, 0.3) is 15.9 Å². The molecule has 1 aliphatic heterocycles. The van der Waals surface area contributed by atoms with E-state index in [1.807, 2.05) is 6.92 Å². The number of piperidine rings is 1. The van der Waals surface area contributed by atoms with Gasteiger partial charge in [-0.05, 0) is 65.2 Å². The van der Waals surface area contributed by atoms with Crippen LogP contribution in [0.3, 0.4) is 0 Å². The summed E-state index contributed by atoms with van der Waals surface area (Å²) in [7, 11) is -3.88. The van der Waals surface area contributed by atoms with Crippen LogP contribution in [0.2, 0.25) is 0 Å². The molecule has 0 unspecified atom stereocenters. The van der Waals surface area contributed by atoms with Gasteiger partial charge >= 0.3 is 6.09 Å². The molecule has 1 aromatic carbocycles. The van der Waals surface area contributed by atoms with Gasteiger partial charge in [-0.25, -0.2) is 35.9 Å². The Labute approximate surface area is 209 Å². The fourth-order valence-corrected chi connectivity index (χ4v) is 5.63. The van der Waals surface area contributed by atoms with Crippen molar-refractivity contribution in [3.05, 3.63) is 54.1 Å². The minimum atomic E-state index is -3.88. The molecule has 11 heteroatoms. The number of halogens is 2. The average molecular weight is 521 g/mol. The SMILES string of the molecule is Cc1ccc(S(=O)(=O)n2ccc3c(CC[C@H]4CCN(C(=O)OC(C)(C)C)CC4(F)F)ncnc32)cc1. The summed E-state index contributed by atoms with van der Waals surface area (Å²) in [4.78, 5) is 21.8. The Hall–Kier alpha value is -3.08. The summed E-state index contributed by atoms with van der Waals surface area (Å²) in [5, 5.41) is 0.502. The van der Waals surface area contributed by atoms with Crippen molar-refractivity contribution in [3.8, 4) is 0 Å². The van der Waals surface area contributed by atoms with Gasteiger partial charge in [0.05, 0.1) is 17.1 Å². The van der Waals surface area contributed by atoms with Crippen LogP contribution >= 0.6 is 0 Å². The number of aromatic nitrogens is 3. The number of likely N-dealkylation sites (tertiary alicyclic amines) is 1. The van der Waals surface area contributed by atoms with Crippen LogP contribution in [0, 0.1) is 12.8 Å². The van der Waals surface area contributed by atoms with E-state index in [0.29, 0.717) is 11.1 Å². The van der Waals surface area contributed by atoms with Gasteiger partial charge in [-0.2, -0.15) is 0 Å². The maximum atomic E-state index is 14.9. The Balaban J connectivity index is 1.50. The highest BCUT2D eigenvalue weighted by Gasteiger charge is 2.46. The first-order valence-electron chi connectivity index (χ1n) is 11.8. The average Bonchev–Trinajstić information content (AvgIpc) is 3.22. The molecule has 0 spiro atoms. The van der Waals surface area contributed by atoms with Crippen molar-refractivity contribution in [3.63, 3.8) is 0 Å². The summed E-state index contributed by atoms with van der Waals surface area (Å²) in [5.41, 5.74) is 0.880. The molecule has 1 saturated heterocycles. The highest BCUT2D eigenvalue weighted by molar-refractivity contribution is 7.90. The van der Waals surface area contributed by atoms with Crippen LogP contribution in [0.25, 0.3) is 11.0 Å². The minimum Gasteiger partial charge on any atom is -0.444 e. The Kier molecular flexibility index (Phi) is 6.80. The molecule has 0 radical (unpaired) electrons. The van der Waals surface area contributed by atoms with Crippen molar-refractivity contribution in [2.75, 3.05) is 13.1 Å². The van der Waals surface area contributed by atoms with Crippen LogP contribution in [-0.2, 0) is 21.2 Å². The quantitative estimate of drug-likeness (QED) is 0.480. The number of fused-ring (bicyclic) bond motifs is 1. The van der Waals surface area contributed by atoms with Crippen LogP contribution in [0.5, 0.6) is 0 Å². The van der Waals surface area contributed by atoms with Gasteiger partial charge in [-0.15, -0.1) is 0 Å². The smallest absolute Gasteiger partial charge is 0.410 e. The van der Waals surface area contributed by atoms with Crippen molar-refractivity contribution in [1.82, 2.24) is 18.8 Å². The largest absolute Gasteiger partial charge is 0.444 e. The van der Waals surface area contributed by atoms with Crippen molar-refractivity contribution < 1.29 is 26.7 Å². The third-order valence-electron chi connectivity index (χ3n) is 6.24. The summed E-state index contributed by atoms with van der Waals surface area (Å²) in [6, 6.07) is 8.09. The van der Waals surface area contributed by atoms with Gasteiger partial charge in [-0.1, -0.05) is 17.7 Å². The Bertz CT molecular complexity index is 1360. The molecule has 3 heterocycles. The van der Waals surface area contributed by atoms with Crippen LogP contribution in [0.15, 0.2) is 47.8 Å². The second-order valence-corrected chi connectivity index (χ2v) is 12.0. The second kappa shape index (κ2) is 9.42. The Morgan fingerprint density at radius 2 is 1.86 bits per heavy atom. The molecule has 2 aromatic heterocycles. The molecule has 4 rings (SSSR count). The topological polar surface area (TPSA) is 94.4 Å². The zero-order chi connectivity index (χ0) is 26.3. The van der Waals surface area contributed by atoms with E-state index in [1.54, 1.807) is 39.0 Å². The molecule has 3 aromatic rings. The number of amides is 1. The predicted molar refractivity (Wildman–Crippen MR) is 130 cm³/mol. The number of hydrogen-bond donors (Lipinski definition) is 0. The number of rotatable bonds is 5. The molecule has 0 bridgehead atoms. The molecule has 0 N–H and O–H groups in total. The van der Waals surface area contributed by atoms with Crippen molar-refractivity contribution in [2.45, 2.75) is 63.4 Å². The van der Waals surface area contributed by atoms with Gasteiger partial charge in [0, 0.05) is 24.0 Å². The predicted octanol–water partition coefficient (Wildman–Crippen LogP) is 4.80. The van der Waals surface area contributed by atoms with E-state index in [1.165, 1.54) is 24.7 Å². The monoisotopic (exact) mass is 520 g/mol. The Morgan fingerprint density at radius 1 is 1.17 bits per heavy atom. The molecule has 1 aliphatic rings. The number of hydrogen-bond acceptors (Lipinski definition) is 6. The van der Waals surface area contributed by atoms with E-state index >= 15 is 0 Å². The summed E-state index contributed by atoms with van der Waals surface area (Å²) < 4.78 is 62.5. The number of carbonyl (C=O) groups is 1. The van der Waals surface area contributed by atoms with Crippen LogP contribution in [0.1, 0.15) is 44.9 Å². The minimum absolute atomic E-state index is 0.127. The fourth-order valence-electron chi connectivity index (χ4n) is 4.33. The van der Waals surface area contributed by atoms with Crippen LogP contribution < -0.4 is 0 Å². The van der Waals surface area contributed by atoms with Gasteiger partial charge in [0.2, 0.25) is 0 Å². The molecule has 194 valence electrons. The standard InChI is InChI=1S/C25H30F2N4O4S/c1-17-5-8-19(9-6-17)36(33,34)31-14-12-20-21(28-16-29-22(20)31)10-7-18-11-13-30(15-25(18,26)27)23(32)35-24(2,3)4/h5-6,8-9,12,14,16,18H,7,10-11,13,15H2,1-4H3/t18-/m0/s1. The van der Waals surface area contributed by atoms with E-state index in [-0.39, 0.29) is 36.3 Å². The van der Waals surface area contributed by atoms with Crippen molar-refractivity contribution in [2.24, 2.45) is 5.92 Å². The zero-order valence-corrected chi connectivity index (χ0v) is 21.6. The van der Waals surface area contributed by atoms with E-state index < -0.39 is 40.1 Å². The number of alkyl halides is 2. The number of ether oxygens (including phenoxy) is 1. The molecule has 0 saturated carbocycles. The van der Waals surface area contributed by atoms with Gasteiger partial charge in [-0.3, -0.25) is 0 Å². The van der Waals surface area contributed by atoms with E-state index in [0.717, 1.165) is 14.4 Å². The lowest BCUT2D eigenvalue weighted by atomic mass is 9.88. The van der Waals surface area contributed by atoms with E-state index in [2.05, 4.69) is 9.97 Å². The first kappa shape index (κ1) is 26.0. The second-order valence-electron chi connectivity index (χ2n) is 10.2. The Morgan fingerprint density at radius 3 is 2.50 bits per heavy atom.